The smallest absolute Gasteiger partial charge is 0.276 e. The minimum atomic E-state index is -0.343. The van der Waals surface area contributed by atoms with Gasteiger partial charge in [-0.05, 0) is 49.4 Å². The normalized spacial score (nSPS) is 12.1. The summed E-state index contributed by atoms with van der Waals surface area (Å²) in [6, 6.07) is 22.5. The molecule has 1 amide bonds. The van der Waals surface area contributed by atoms with E-state index in [1.54, 1.807) is 35.1 Å². The van der Waals surface area contributed by atoms with Crippen LogP contribution in [0.3, 0.4) is 0 Å². The number of aryl methyl sites for hydroxylation is 1. The number of carbonyl (C=O) groups excluding carboxylic acids is 1. The highest BCUT2D eigenvalue weighted by Gasteiger charge is 2.20. The van der Waals surface area contributed by atoms with Crippen LogP contribution in [0.4, 0.5) is 5.69 Å². The zero-order valence-corrected chi connectivity index (χ0v) is 18.2. The predicted octanol–water partition coefficient (Wildman–Crippen LogP) is 4.77. The molecule has 0 radical (unpaired) electrons. The number of aromatic nitrogens is 4. The van der Waals surface area contributed by atoms with Gasteiger partial charge in [0.05, 0.1) is 11.2 Å². The van der Waals surface area contributed by atoms with Crippen molar-refractivity contribution in [1.29, 1.82) is 0 Å². The second-order valence-electron chi connectivity index (χ2n) is 7.86. The van der Waals surface area contributed by atoms with E-state index in [1.807, 2.05) is 55.5 Å². The lowest BCUT2D eigenvalue weighted by atomic mass is 10.1. The Morgan fingerprint density at radius 3 is 2.76 bits per heavy atom. The highest BCUT2D eigenvalue weighted by Crippen LogP contribution is 2.34. The first-order chi connectivity index (χ1) is 16.7. The Morgan fingerprint density at radius 1 is 0.971 bits per heavy atom. The average molecular weight is 449 g/mol. The van der Waals surface area contributed by atoms with Crippen LogP contribution in [0.1, 0.15) is 16.2 Å². The molecule has 0 saturated carbocycles. The van der Waals surface area contributed by atoms with Crippen LogP contribution in [0.15, 0.2) is 79.0 Å². The van der Waals surface area contributed by atoms with Crippen molar-refractivity contribution in [2.75, 3.05) is 12.1 Å². The molecule has 1 aliphatic rings. The SMILES string of the molecule is Cc1cccc(-n2nc(C(=O)Nc3ccc4c(c3)OCO4)cc2-c2ccnc3ccccc23)n1. The largest absolute Gasteiger partial charge is 0.454 e. The number of carbonyl (C=O) groups is 1. The summed E-state index contributed by atoms with van der Waals surface area (Å²) in [4.78, 5) is 22.3. The lowest BCUT2D eigenvalue weighted by Gasteiger charge is -2.09. The van der Waals surface area contributed by atoms with Crippen molar-refractivity contribution >= 4 is 22.5 Å². The fourth-order valence-corrected chi connectivity index (χ4v) is 3.99. The molecule has 4 heterocycles. The van der Waals surface area contributed by atoms with Crippen LogP contribution in [0, 0.1) is 6.92 Å². The van der Waals surface area contributed by atoms with Gasteiger partial charge in [-0.25, -0.2) is 9.67 Å². The van der Waals surface area contributed by atoms with Gasteiger partial charge in [0.2, 0.25) is 6.79 Å². The van der Waals surface area contributed by atoms with Crippen molar-refractivity contribution in [1.82, 2.24) is 19.7 Å². The molecule has 0 bridgehead atoms. The fourth-order valence-electron chi connectivity index (χ4n) is 3.99. The molecule has 6 rings (SSSR count). The molecule has 0 spiro atoms. The summed E-state index contributed by atoms with van der Waals surface area (Å²) in [5.74, 6) is 1.53. The molecule has 0 fully saturated rings. The van der Waals surface area contributed by atoms with Gasteiger partial charge in [0, 0.05) is 34.6 Å². The lowest BCUT2D eigenvalue weighted by molar-refractivity contribution is 0.102. The Hall–Kier alpha value is -4.72. The van der Waals surface area contributed by atoms with Crippen molar-refractivity contribution in [2.45, 2.75) is 6.92 Å². The molecule has 166 valence electrons. The number of para-hydroxylation sites is 1. The van der Waals surface area contributed by atoms with Crippen LogP contribution in [0.2, 0.25) is 0 Å². The number of nitrogens with one attached hydrogen (secondary N) is 1. The molecule has 1 N–H and O–H groups in total. The summed E-state index contributed by atoms with van der Waals surface area (Å²) < 4.78 is 12.4. The topological polar surface area (TPSA) is 91.2 Å². The van der Waals surface area contributed by atoms with Crippen LogP contribution < -0.4 is 14.8 Å². The van der Waals surface area contributed by atoms with Gasteiger partial charge < -0.3 is 14.8 Å². The summed E-state index contributed by atoms with van der Waals surface area (Å²) in [5, 5.41) is 8.50. The molecule has 0 aliphatic carbocycles. The van der Waals surface area contributed by atoms with Crippen LogP contribution in [0.5, 0.6) is 11.5 Å². The van der Waals surface area contributed by atoms with E-state index in [2.05, 4.69) is 20.4 Å². The Kier molecular flexibility index (Phi) is 4.69. The Labute approximate surface area is 194 Å². The maximum absolute atomic E-state index is 13.2. The summed E-state index contributed by atoms with van der Waals surface area (Å²) in [5.41, 5.74) is 4.21. The Balaban J connectivity index is 1.45. The van der Waals surface area contributed by atoms with E-state index in [0.29, 0.717) is 23.0 Å². The van der Waals surface area contributed by atoms with Crippen molar-refractivity contribution in [3.05, 3.63) is 90.4 Å². The molecule has 0 saturated heterocycles. The number of benzene rings is 2. The highest BCUT2D eigenvalue weighted by atomic mass is 16.7. The molecule has 34 heavy (non-hydrogen) atoms. The number of hydrogen-bond acceptors (Lipinski definition) is 6. The number of pyridine rings is 2. The monoisotopic (exact) mass is 449 g/mol. The van der Waals surface area contributed by atoms with Gasteiger partial charge in [-0.15, -0.1) is 0 Å². The van der Waals surface area contributed by atoms with Crippen LogP contribution in [-0.2, 0) is 0 Å². The van der Waals surface area contributed by atoms with Crippen molar-refractivity contribution in [3.8, 4) is 28.6 Å². The van der Waals surface area contributed by atoms with Gasteiger partial charge in [-0.2, -0.15) is 5.10 Å². The summed E-state index contributed by atoms with van der Waals surface area (Å²) in [6.07, 6.45) is 1.75. The van der Waals surface area contributed by atoms with E-state index in [1.165, 1.54) is 0 Å². The molecule has 0 atom stereocenters. The van der Waals surface area contributed by atoms with E-state index in [9.17, 15) is 4.79 Å². The third kappa shape index (κ3) is 3.51. The molecular weight excluding hydrogens is 430 g/mol. The third-order valence-corrected chi connectivity index (χ3v) is 5.59. The number of amides is 1. The van der Waals surface area contributed by atoms with E-state index >= 15 is 0 Å². The van der Waals surface area contributed by atoms with E-state index in [4.69, 9.17) is 9.47 Å². The average Bonchev–Trinajstić information content (AvgIpc) is 3.51. The quantitative estimate of drug-likeness (QED) is 0.425. The van der Waals surface area contributed by atoms with Crippen molar-refractivity contribution in [3.63, 3.8) is 0 Å². The van der Waals surface area contributed by atoms with Gasteiger partial charge in [0.1, 0.15) is 0 Å². The second kappa shape index (κ2) is 8.00. The summed E-state index contributed by atoms with van der Waals surface area (Å²) in [7, 11) is 0. The first-order valence-electron chi connectivity index (χ1n) is 10.7. The number of rotatable bonds is 4. The van der Waals surface area contributed by atoms with Gasteiger partial charge in [-0.3, -0.25) is 9.78 Å². The number of nitrogens with zero attached hydrogens (tertiary/aromatic N) is 4. The molecule has 2 aromatic carbocycles. The number of ether oxygens (including phenoxy) is 2. The van der Waals surface area contributed by atoms with Gasteiger partial charge in [0.15, 0.2) is 23.0 Å². The summed E-state index contributed by atoms with van der Waals surface area (Å²) in [6.45, 7) is 2.09. The predicted molar refractivity (Wildman–Crippen MR) is 127 cm³/mol. The molecule has 0 unspecified atom stereocenters. The lowest BCUT2D eigenvalue weighted by Crippen LogP contribution is -2.13. The molecular formula is C26H19N5O3. The minimum Gasteiger partial charge on any atom is -0.454 e. The van der Waals surface area contributed by atoms with Crippen LogP contribution in [-0.4, -0.2) is 32.4 Å². The maximum atomic E-state index is 13.2. The first-order valence-corrected chi connectivity index (χ1v) is 10.7. The Bertz CT molecular complexity index is 1550. The third-order valence-electron chi connectivity index (χ3n) is 5.59. The zero-order chi connectivity index (χ0) is 23.1. The number of anilines is 1. The van der Waals surface area contributed by atoms with E-state index in [-0.39, 0.29) is 18.4 Å². The molecule has 8 heteroatoms. The van der Waals surface area contributed by atoms with Gasteiger partial charge in [0.25, 0.3) is 5.91 Å². The maximum Gasteiger partial charge on any atom is 0.276 e. The van der Waals surface area contributed by atoms with E-state index < -0.39 is 0 Å². The minimum absolute atomic E-state index is 0.171. The number of fused-ring (bicyclic) bond motifs is 2. The van der Waals surface area contributed by atoms with Gasteiger partial charge in [-0.1, -0.05) is 24.3 Å². The van der Waals surface area contributed by atoms with Crippen LogP contribution in [0.25, 0.3) is 28.0 Å². The second-order valence-corrected chi connectivity index (χ2v) is 7.86. The van der Waals surface area contributed by atoms with Crippen molar-refractivity contribution < 1.29 is 14.3 Å². The molecule has 3 aromatic heterocycles. The van der Waals surface area contributed by atoms with Crippen LogP contribution >= 0.6 is 0 Å². The Morgan fingerprint density at radius 2 is 1.85 bits per heavy atom. The van der Waals surface area contributed by atoms with Crippen molar-refractivity contribution in [2.24, 2.45) is 0 Å². The standard InChI is InChI=1S/C26H19N5O3/c1-16-5-4-8-25(28-16)31-22(19-11-12-27-20-7-3-2-6-18(19)20)14-21(30-31)26(32)29-17-9-10-23-24(13-17)34-15-33-23/h2-14H,15H2,1H3,(H,29,32). The van der Waals surface area contributed by atoms with E-state index in [0.717, 1.165) is 27.9 Å². The summed E-state index contributed by atoms with van der Waals surface area (Å²) >= 11 is 0. The highest BCUT2D eigenvalue weighted by molar-refractivity contribution is 6.04. The molecule has 1 aliphatic heterocycles. The molecule has 8 nitrogen and oxygen atoms in total. The first kappa shape index (κ1) is 19.9. The fraction of sp³-hybridized carbons (Fsp3) is 0.0769. The zero-order valence-electron chi connectivity index (χ0n) is 18.2. The number of hydrogen-bond donors (Lipinski definition) is 1. The van der Waals surface area contributed by atoms with Gasteiger partial charge >= 0.3 is 0 Å². The molecule has 5 aromatic rings.